The summed E-state index contributed by atoms with van der Waals surface area (Å²) >= 11 is 0. The van der Waals surface area contributed by atoms with Gasteiger partial charge in [-0.05, 0) is 41.5 Å². The molecule has 0 aromatic rings. The lowest BCUT2D eigenvalue weighted by molar-refractivity contribution is 0.00578. The second-order valence-corrected chi connectivity index (χ2v) is 5.88. The maximum absolute atomic E-state index is 6.04. The van der Waals surface area contributed by atoms with Gasteiger partial charge >= 0.3 is 7.12 Å². The zero-order valence-electron chi connectivity index (χ0n) is 13.4. The molecule has 5 nitrogen and oxygen atoms in total. The van der Waals surface area contributed by atoms with Crippen molar-refractivity contribution in [3.05, 3.63) is 0 Å². The van der Waals surface area contributed by atoms with Gasteiger partial charge in [-0.25, -0.2) is 0 Å². The molecule has 1 heterocycles. The van der Waals surface area contributed by atoms with Crippen LogP contribution in [-0.2, 0) is 18.8 Å². The van der Waals surface area contributed by atoms with Crippen LogP contribution in [0.25, 0.3) is 0 Å². The van der Waals surface area contributed by atoms with E-state index in [1.54, 1.807) is 14.2 Å². The Hall–Kier alpha value is -0.585. The Balaban J connectivity index is 3.09. The lowest BCUT2D eigenvalue weighted by Gasteiger charge is -2.32. The minimum absolute atomic E-state index is 0.414. The van der Waals surface area contributed by atoms with Crippen LogP contribution in [0.15, 0.2) is 4.99 Å². The first-order valence-electron chi connectivity index (χ1n) is 6.64. The third-order valence-electron chi connectivity index (χ3n) is 4.05. The van der Waals surface area contributed by atoms with Gasteiger partial charge in [-0.15, -0.1) is 0 Å². The van der Waals surface area contributed by atoms with Crippen molar-refractivity contribution in [1.82, 2.24) is 0 Å². The molecule has 1 unspecified atom stereocenters. The predicted octanol–water partition coefficient (Wildman–Crippen LogP) is 2.09. The van der Waals surface area contributed by atoms with E-state index < -0.39 is 23.8 Å². The van der Waals surface area contributed by atoms with Gasteiger partial charge in [0.2, 0.25) is 5.90 Å². The summed E-state index contributed by atoms with van der Waals surface area (Å²) in [7, 11) is 2.62. The number of hydrogen-bond donors (Lipinski definition) is 0. The molecule has 0 bridgehead atoms. The van der Waals surface area contributed by atoms with E-state index in [2.05, 4.69) is 4.99 Å². The second kappa shape index (κ2) is 5.42. The molecule has 1 aliphatic heterocycles. The highest BCUT2D eigenvalue weighted by molar-refractivity contribution is 6.55. The number of hydrogen-bond acceptors (Lipinski definition) is 5. The van der Waals surface area contributed by atoms with E-state index in [1.165, 1.54) is 0 Å². The topological polar surface area (TPSA) is 49.3 Å². The van der Waals surface area contributed by atoms with Crippen molar-refractivity contribution in [1.29, 1.82) is 0 Å². The predicted molar refractivity (Wildman–Crippen MR) is 76.5 cm³/mol. The Morgan fingerprint density at radius 2 is 1.63 bits per heavy atom. The maximum Gasteiger partial charge on any atom is 0.502 e. The molecule has 1 rings (SSSR count). The molecule has 0 radical (unpaired) electrons. The van der Waals surface area contributed by atoms with Crippen molar-refractivity contribution in [2.75, 3.05) is 20.8 Å². The molecule has 110 valence electrons. The van der Waals surface area contributed by atoms with Gasteiger partial charge in [-0.2, -0.15) is 0 Å². The van der Waals surface area contributed by atoms with E-state index in [9.17, 15) is 0 Å². The monoisotopic (exact) mass is 271 g/mol. The minimum atomic E-state index is -0.865. The van der Waals surface area contributed by atoms with Gasteiger partial charge in [0.15, 0.2) is 5.50 Å². The molecule has 0 aliphatic carbocycles. The van der Waals surface area contributed by atoms with Crippen LogP contribution in [-0.4, -0.2) is 50.5 Å². The van der Waals surface area contributed by atoms with E-state index in [4.69, 9.17) is 18.8 Å². The Kier molecular flexibility index (Phi) is 4.70. The molecule has 0 spiro atoms. The highest BCUT2D eigenvalue weighted by Gasteiger charge is 2.61. The maximum atomic E-state index is 6.04. The average molecular weight is 271 g/mol. The van der Waals surface area contributed by atoms with Crippen LogP contribution in [0.4, 0.5) is 0 Å². The van der Waals surface area contributed by atoms with Gasteiger partial charge < -0.3 is 18.8 Å². The fourth-order valence-electron chi connectivity index (χ4n) is 1.92. The van der Waals surface area contributed by atoms with E-state index >= 15 is 0 Å². The number of rotatable bonds is 4. The van der Waals surface area contributed by atoms with Gasteiger partial charge in [0.25, 0.3) is 0 Å². The molecular formula is C13H26BNO4. The van der Waals surface area contributed by atoms with Gasteiger partial charge in [-0.3, -0.25) is 4.99 Å². The lowest BCUT2D eigenvalue weighted by atomic mass is 9.67. The molecule has 1 fully saturated rings. The Bertz CT molecular complexity index is 341. The van der Waals surface area contributed by atoms with E-state index in [0.717, 1.165) is 0 Å². The molecule has 0 aromatic carbocycles. The minimum Gasteiger partial charge on any atom is -0.483 e. The van der Waals surface area contributed by atoms with Crippen LogP contribution in [0.2, 0.25) is 0 Å². The van der Waals surface area contributed by atoms with E-state index in [-0.39, 0.29) is 0 Å². The molecule has 0 aromatic heterocycles. The van der Waals surface area contributed by atoms with Crippen LogP contribution < -0.4 is 0 Å². The largest absolute Gasteiger partial charge is 0.502 e. The Morgan fingerprint density at radius 3 is 1.95 bits per heavy atom. The summed E-state index contributed by atoms with van der Waals surface area (Å²) < 4.78 is 23.1. The van der Waals surface area contributed by atoms with Crippen LogP contribution >= 0.6 is 0 Å². The molecule has 1 atom stereocenters. The highest BCUT2D eigenvalue weighted by atomic mass is 16.7. The molecule has 0 N–H and O–H groups in total. The van der Waals surface area contributed by atoms with Crippen molar-refractivity contribution >= 4 is 13.0 Å². The van der Waals surface area contributed by atoms with Crippen LogP contribution in [0.5, 0.6) is 0 Å². The fourth-order valence-corrected chi connectivity index (χ4v) is 1.92. The lowest BCUT2D eigenvalue weighted by Crippen LogP contribution is -2.54. The third-order valence-corrected chi connectivity index (χ3v) is 4.05. The summed E-state index contributed by atoms with van der Waals surface area (Å²) in [6.45, 7) is 12.5. The standard InChI is InChI=1S/C13H26BNO4/c1-9-15-10(16-7)13(6,17-8)14-18-11(2,3)12(4,5)19-14/h9H2,1-8H3. The molecular weight excluding hydrogens is 245 g/mol. The first-order valence-corrected chi connectivity index (χ1v) is 6.64. The van der Waals surface area contributed by atoms with Crippen molar-refractivity contribution in [3.63, 3.8) is 0 Å². The molecule has 6 heteroatoms. The summed E-state index contributed by atoms with van der Waals surface area (Å²) in [5, 5.41) is 0. The summed E-state index contributed by atoms with van der Waals surface area (Å²) in [5.74, 6) is 0.482. The highest BCUT2D eigenvalue weighted by Crippen LogP contribution is 2.40. The molecule has 1 saturated heterocycles. The van der Waals surface area contributed by atoms with Gasteiger partial charge in [0, 0.05) is 13.7 Å². The number of methoxy groups -OCH3 is 2. The molecule has 0 amide bonds. The molecule has 0 saturated carbocycles. The number of nitrogens with zero attached hydrogens (tertiary/aromatic N) is 1. The summed E-state index contributed by atoms with van der Waals surface area (Å²) in [6, 6.07) is 0. The zero-order valence-corrected chi connectivity index (χ0v) is 13.4. The summed E-state index contributed by atoms with van der Waals surface area (Å²) in [5.41, 5.74) is -1.69. The van der Waals surface area contributed by atoms with Gasteiger partial charge in [0.05, 0.1) is 18.3 Å². The average Bonchev–Trinajstić information content (AvgIpc) is 2.55. The Morgan fingerprint density at radius 1 is 1.16 bits per heavy atom. The Labute approximate surface area is 116 Å². The molecule has 19 heavy (non-hydrogen) atoms. The first-order chi connectivity index (χ1) is 8.64. The fraction of sp³-hybridized carbons (Fsp3) is 0.923. The SMILES string of the molecule is CCN=C(OC)C(C)(OC)B1OC(C)(C)C(C)(C)O1. The second-order valence-electron chi connectivity index (χ2n) is 5.88. The van der Waals surface area contributed by atoms with Crippen molar-refractivity contribution in [2.24, 2.45) is 4.99 Å². The zero-order chi connectivity index (χ0) is 14.9. The molecule has 1 aliphatic rings. The number of ether oxygens (including phenoxy) is 2. The quantitative estimate of drug-likeness (QED) is 0.446. The van der Waals surface area contributed by atoms with E-state index in [1.807, 2.05) is 41.5 Å². The summed E-state index contributed by atoms with van der Waals surface area (Å²) in [4.78, 5) is 4.34. The van der Waals surface area contributed by atoms with Crippen molar-refractivity contribution in [2.45, 2.75) is 58.2 Å². The van der Waals surface area contributed by atoms with Gasteiger partial charge in [0.1, 0.15) is 0 Å². The first kappa shape index (κ1) is 16.5. The number of aliphatic imine (C=N–C) groups is 1. The van der Waals surface area contributed by atoms with Crippen LogP contribution in [0.1, 0.15) is 41.5 Å². The van der Waals surface area contributed by atoms with Crippen molar-refractivity contribution in [3.8, 4) is 0 Å². The van der Waals surface area contributed by atoms with Crippen molar-refractivity contribution < 1.29 is 18.8 Å². The smallest absolute Gasteiger partial charge is 0.483 e. The summed E-state index contributed by atoms with van der Waals surface area (Å²) in [6.07, 6.45) is 0. The van der Waals surface area contributed by atoms with Gasteiger partial charge in [-0.1, -0.05) is 0 Å². The van der Waals surface area contributed by atoms with Crippen LogP contribution in [0, 0.1) is 0 Å². The van der Waals surface area contributed by atoms with Crippen LogP contribution in [0.3, 0.4) is 0 Å². The third kappa shape index (κ3) is 2.80. The van der Waals surface area contributed by atoms with E-state index in [0.29, 0.717) is 12.4 Å². The normalized spacial score (nSPS) is 25.3.